The number of nitrogens with one attached hydrogen (secondary N) is 2. The summed E-state index contributed by atoms with van der Waals surface area (Å²) in [4.78, 5) is 11.0. The fourth-order valence-electron chi connectivity index (χ4n) is 2.16. The first-order valence-corrected chi connectivity index (χ1v) is 6.20. The monoisotopic (exact) mass is 270 g/mol. The molecule has 104 valence electrons. The minimum Gasteiger partial charge on any atom is -0.387 e. The highest BCUT2D eigenvalue weighted by molar-refractivity contribution is 5.78. The molecule has 6 heteroatoms. The summed E-state index contributed by atoms with van der Waals surface area (Å²) >= 11 is 0. The van der Waals surface area contributed by atoms with E-state index in [2.05, 4.69) is 10.6 Å². The van der Waals surface area contributed by atoms with E-state index < -0.39 is 17.7 Å². The first-order chi connectivity index (χ1) is 9.08. The van der Waals surface area contributed by atoms with Crippen molar-refractivity contribution in [2.75, 3.05) is 13.1 Å². The van der Waals surface area contributed by atoms with Crippen LogP contribution in [-0.2, 0) is 4.79 Å². The normalized spacial score (nSPS) is 20.4. The molecule has 2 rings (SSSR count). The summed E-state index contributed by atoms with van der Waals surface area (Å²) in [7, 11) is 0. The lowest BCUT2D eigenvalue weighted by molar-refractivity contribution is -0.119. The van der Waals surface area contributed by atoms with Gasteiger partial charge in [-0.25, -0.2) is 8.78 Å². The Bertz CT molecular complexity index is 448. The highest BCUT2D eigenvalue weighted by atomic mass is 19.1. The van der Waals surface area contributed by atoms with Gasteiger partial charge in [0.1, 0.15) is 11.6 Å². The van der Waals surface area contributed by atoms with E-state index >= 15 is 0 Å². The van der Waals surface area contributed by atoms with Crippen molar-refractivity contribution in [1.29, 1.82) is 0 Å². The van der Waals surface area contributed by atoms with Gasteiger partial charge in [0.25, 0.3) is 0 Å². The maximum atomic E-state index is 13.4. The molecule has 0 aromatic heterocycles. The number of carbonyl (C=O) groups excluding carboxylic acids is 1. The second kappa shape index (κ2) is 6.08. The van der Waals surface area contributed by atoms with Gasteiger partial charge in [-0.1, -0.05) is 6.07 Å². The number of hydrogen-bond donors (Lipinski definition) is 3. The molecule has 1 fully saturated rings. The van der Waals surface area contributed by atoms with Crippen LogP contribution >= 0.6 is 0 Å². The number of amides is 1. The molecule has 1 aromatic carbocycles. The van der Waals surface area contributed by atoms with E-state index in [-0.39, 0.29) is 24.1 Å². The zero-order valence-corrected chi connectivity index (χ0v) is 10.3. The van der Waals surface area contributed by atoms with Crippen molar-refractivity contribution in [1.82, 2.24) is 10.6 Å². The van der Waals surface area contributed by atoms with Crippen LogP contribution in [0.1, 0.15) is 24.5 Å². The van der Waals surface area contributed by atoms with Crippen LogP contribution in [0.2, 0.25) is 0 Å². The molecule has 4 nitrogen and oxygen atoms in total. The summed E-state index contributed by atoms with van der Waals surface area (Å²) in [5.41, 5.74) is -0.328. The largest absolute Gasteiger partial charge is 0.387 e. The Morgan fingerprint density at radius 3 is 2.68 bits per heavy atom. The molecule has 1 aromatic rings. The van der Waals surface area contributed by atoms with Gasteiger partial charge in [0.15, 0.2) is 0 Å². The number of rotatable bonds is 5. The smallest absolute Gasteiger partial charge is 0.220 e. The first-order valence-electron chi connectivity index (χ1n) is 6.20. The molecule has 1 saturated heterocycles. The Morgan fingerprint density at radius 1 is 1.42 bits per heavy atom. The third-order valence-corrected chi connectivity index (χ3v) is 3.15. The lowest BCUT2D eigenvalue weighted by Crippen LogP contribution is -2.37. The zero-order chi connectivity index (χ0) is 13.8. The van der Waals surface area contributed by atoms with Crippen LogP contribution in [0.4, 0.5) is 8.78 Å². The van der Waals surface area contributed by atoms with Crippen molar-refractivity contribution in [3.8, 4) is 0 Å². The molecule has 0 spiro atoms. The fourth-order valence-corrected chi connectivity index (χ4v) is 2.16. The summed E-state index contributed by atoms with van der Waals surface area (Å²) < 4.78 is 26.8. The van der Waals surface area contributed by atoms with Gasteiger partial charge in [-0.2, -0.15) is 0 Å². The van der Waals surface area contributed by atoms with Gasteiger partial charge >= 0.3 is 0 Å². The van der Waals surface area contributed by atoms with Crippen LogP contribution < -0.4 is 10.6 Å². The molecule has 1 aliphatic rings. The minimum atomic E-state index is -1.25. The zero-order valence-electron chi connectivity index (χ0n) is 10.3. The average Bonchev–Trinajstić information content (AvgIpc) is 2.75. The molecule has 1 heterocycles. The Hall–Kier alpha value is -1.53. The van der Waals surface area contributed by atoms with Crippen LogP contribution in [-0.4, -0.2) is 30.1 Å². The highest BCUT2D eigenvalue weighted by Crippen LogP contribution is 2.19. The number of hydrogen-bond acceptors (Lipinski definition) is 3. The van der Waals surface area contributed by atoms with Gasteiger partial charge < -0.3 is 15.7 Å². The van der Waals surface area contributed by atoms with E-state index in [1.54, 1.807) is 0 Å². The summed E-state index contributed by atoms with van der Waals surface area (Å²) in [6.07, 6.45) is -0.0226. The lowest BCUT2D eigenvalue weighted by atomic mass is 10.1. The quantitative estimate of drug-likeness (QED) is 0.744. The summed E-state index contributed by atoms with van der Waals surface area (Å²) in [5, 5.41) is 15.4. The second-order valence-corrected chi connectivity index (χ2v) is 4.61. The van der Waals surface area contributed by atoms with E-state index in [9.17, 15) is 18.7 Å². The van der Waals surface area contributed by atoms with Crippen molar-refractivity contribution >= 4 is 5.91 Å². The molecule has 2 atom stereocenters. The van der Waals surface area contributed by atoms with Crippen LogP contribution in [0.3, 0.4) is 0 Å². The van der Waals surface area contributed by atoms with Crippen LogP contribution in [0.25, 0.3) is 0 Å². The molecular weight excluding hydrogens is 254 g/mol. The van der Waals surface area contributed by atoms with Crippen molar-refractivity contribution in [3.63, 3.8) is 0 Å². The highest BCUT2D eigenvalue weighted by Gasteiger charge is 2.21. The lowest BCUT2D eigenvalue weighted by Gasteiger charge is -2.16. The summed E-state index contributed by atoms with van der Waals surface area (Å²) in [6.45, 7) is 0.503. The van der Waals surface area contributed by atoms with Crippen molar-refractivity contribution in [3.05, 3.63) is 35.4 Å². The predicted molar refractivity (Wildman–Crippen MR) is 65.4 cm³/mol. The van der Waals surface area contributed by atoms with Gasteiger partial charge in [0, 0.05) is 25.6 Å². The predicted octanol–water partition coefficient (Wildman–Crippen LogP) is 0.866. The van der Waals surface area contributed by atoms with Crippen LogP contribution in [0.5, 0.6) is 0 Å². The fraction of sp³-hybridized carbons (Fsp3) is 0.462. The molecular formula is C13H16F2N2O2. The second-order valence-electron chi connectivity index (χ2n) is 4.61. The van der Waals surface area contributed by atoms with Crippen molar-refractivity contribution < 1.29 is 18.7 Å². The SMILES string of the molecule is O=C1CCC(CNCC(O)c2c(F)cccc2F)N1. The number of benzene rings is 1. The third kappa shape index (κ3) is 3.48. The summed E-state index contributed by atoms with van der Waals surface area (Å²) in [6, 6.07) is 3.49. The van der Waals surface area contributed by atoms with Crippen LogP contribution in [0, 0.1) is 11.6 Å². The Balaban J connectivity index is 1.84. The van der Waals surface area contributed by atoms with Gasteiger partial charge in [-0.05, 0) is 18.6 Å². The molecule has 1 aliphatic heterocycles. The van der Waals surface area contributed by atoms with Gasteiger partial charge in [0.05, 0.1) is 11.7 Å². The Morgan fingerprint density at radius 2 is 2.11 bits per heavy atom. The van der Waals surface area contributed by atoms with Crippen molar-refractivity contribution in [2.45, 2.75) is 25.0 Å². The Labute approximate surface area is 109 Å². The van der Waals surface area contributed by atoms with E-state index in [1.165, 1.54) is 6.07 Å². The van der Waals surface area contributed by atoms with E-state index in [0.717, 1.165) is 18.6 Å². The summed E-state index contributed by atoms with van der Waals surface area (Å²) in [5.74, 6) is -1.51. The van der Waals surface area contributed by atoms with E-state index in [0.29, 0.717) is 13.0 Å². The minimum absolute atomic E-state index is 0.00694. The maximum absolute atomic E-state index is 13.4. The standard InChI is InChI=1S/C13H16F2N2O2/c14-9-2-1-3-10(15)13(9)11(18)7-16-6-8-4-5-12(19)17-8/h1-3,8,11,16,18H,4-7H2,(H,17,19). The first kappa shape index (κ1) is 13.9. The third-order valence-electron chi connectivity index (χ3n) is 3.15. The number of halogens is 2. The number of carbonyl (C=O) groups is 1. The molecule has 19 heavy (non-hydrogen) atoms. The number of aliphatic hydroxyl groups excluding tert-OH is 1. The molecule has 0 aliphatic carbocycles. The van der Waals surface area contributed by atoms with Gasteiger partial charge in [-0.15, -0.1) is 0 Å². The molecule has 3 N–H and O–H groups in total. The van der Waals surface area contributed by atoms with Gasteiger partial charge in [-0.3, -0.25) is 4.79 Å². The van der Waals surface area contributed by atoms with Gasteiger partial charge in [0.2, 0.25) is 5.91 Å². The molecule has 2 unspecified atom stereocenters. The maximum Gasteiger partial charge on any atom is 0.220 e. The van der Waals surface area contributed by atoms with E-state index in [4.69, 9.17) is 0 Å². The van der Waals surface area contributed by atoms with Crippen molar-refractivity contribution in [2.24, 2.45) is 0 Å². The number of aliphatic hydroxyl groups is 1. The van der Waals surface area contributed by atoms with Crippen LogP contribution in [0.15, 0.2) is 18.2 Å². The molecule has 0 radical (unpaired) electrons. The molecule has 0 bridgehead atoms. The molecule has 0 saturated carbocycles. The average molecular weight is 270 g/mol. The molecule has 1 amide bonds. The topological polar surface area (TPSA) is 61.4 Å². The Kier molecular flexibility index (Phi) is 4.44. The van der Waals surface area contributed by atoms with E-state index in [1.807, 2.05) is 0 Å².